The Bertz CT molecular complexity index is 242. The molecular weight excluding hydrogens is 196 g/mol. The zero-order chi connectivity index (χ0) is 12.1. The summed E-state index contributed by atoms with van der Waals surface area (Å²) in [7, 11) is 0. The fourth-order valence-electron chi connectivity index (χ4n) is 2.87. The number of hydrogen-bond acceptors (Lipinski definition) is 2. The molecule has 0 aromatic carbocycles. The van der Waals surface area contributed by atoms with E-state index in [1.54, 1.807) is 0 Å². The molecule has 0 amide bonds. The Morgan fingerprint density at radius 1 is 1.38 bits per heavy atom. The maximum Gasteiger partial charge on any atom is 0.0672 e. The van der Waals surface area contributed by atoms with Crippen molar-refractivity contribution in [1.82, 2.24) is 4.90 Å². The van der Waals surface area contributed by atoms with Crippen molar-refractivity contribution in [2.45, 2.75) is 53.0 Å². The van der Waals surface area contributed by atoms with Crippen molar-refractivity contribution in [3.05, 3.63) is 0 Å². The Morgan fingerprint density at radius 2 is 2.06 bits per heavy atom. The van der Waals surface area contributed by atoms with Crippen LogP contribution in [-0.2, 0) is 0 Å². The van der Waals surface area contributed by atoms with Crippen LogP contribution in [0.3, 0.4) is 0 Å². The van der Waals surface area contributed by atoms with Crippen molar-refractivity contribution in [3.8, 4) is 6.07 Å². The second kappa shape index (κ2) is 6.25. The van der Waals surface area contributed by atoms with Gasteiger partial charge in [0.1, 0.15) is 0 Å². The first-order chi connectivity index (χ1) is 7.58. The molecular formula is C14H26N2. The molecule has 92 valence electrons. The average Bonchev–Trinajstić information content (AvgIpc) is 2.25. The van der Waals surface area contributed by atoms with Crippen molar-refractivity contribution in [2.75, 3.05) is 13.1 Å². The lowest BCUT2D eigenvalue weighted by Crippen LogP contribution is -2.45. The molecule has 1 aliphatic carbocycles. The van der Waals surface area contributed by atoms with Gasteiger partial charge in [-0.3, -0.25) is 4.90 Å². The van der Waals surface area contributed by atoms with Crippen LogP contribution in [0, 0.1) is 29.1 Å². The normalized spacial score (nSPS) is 30.7. The summed E-state index contributed by atoms with van der Waals surface area (Å²) < 4.78 is 0. The molecule has 1 fully saturated rings. The molecule has 0 saturated heterocycles. The van der Waals surface area contributed by atoms with Gasteiger partial charge in [0.25, 0.3) is 0 Å². The molecule has 0 N–H and O–H groups in total. The van der Waals surface area contributed by atoms with Crippen LogP contribution in [-0.4, -0.2) is 24.0 Å². The summed E-state index contributed by atoms with van der Waals surface area (Å²) in [5, 5.41) is 9.25. The van der Waals surface area contributed by atoms with Gasteiger partial charge in [-0.05, 0) is 37.6 Å². The van der Waals surface area contributed by atoms with Crippen molar-refractivity contribution in [1.29, 1.82) is 5.26 Å². The van der Waals surface area contributed by atoms with E-state index in [2.05, 4.69) is 38.7 Å². The zero-order valence-corrected chi connectivity index (χ0v) is 11.2. The van der Waals surface area contributed by atoms with Gasteiger partial charge in [0.2, 0.25) is 0 Å². The molecule has 0 aromatic heterocycles. The van der Waals surface area contributed by atoms with E-state index in [9.17, 15) is 5.26 Å². The van der Waals surface area contributed by atoms with E-state index in [1.807, 2.05) is 0 Å². The minimum Gasteiger partial charge on any atom is -0.299 e. The van der Waals surface area contributed by atoms with E-state index >= 15 is 0 Å². The summed E-state index contributed by atoms with van der Waals surface area (Å²) >= 11 is 0. The van der Waals surface area contributed by atoms with Crippen LogP contribution in [0.5, 0.6) is 0 Å². The minimum absolute atomic E-state index is 0.259. The number of rotatable bonds is 4. The number of nitriles is 1. The molecule has 0 bridgehead atoms. The molecule has 1 saturated carbocycles. The molecule has 2 heteroatoms. The lowest BCUT2D eigenvalue weighted by Gasteiger charge is -2.39. The van der Waals surface area contributed by atoms with Crippen LogP contribution in [0.1, 0.15) is 47.0 Å². The predicted octanol–water partition coefficient (Wildman–Crippen LogP) is 3.29. The van der Waals surface area contributed by atoms with Gasteiger partial charge >= 0.3 is 0 Å². The van der Waals surface area contributed by atoms with Gasteiger partial charge < -0.3 is 0 Å². The summed E-state index contributed by atoms with van der Waals surface area (Å²) in [6, 6.07) is 3.02. The largest absolute Gasteiger partial charge is 0.299 e. The molecule has 0 heterocycles. The molecule has 3 unspecified atom stereocenters. The fraction of sp³-hybridized carbons (Fsp3) is 0.929. The fourth-order valence-corrected chi connectivity index (χ4v) is 2.87. The molecule has 0 radical (unpaired) electrons. The Balaban J connectivity index is 2.67. The quantitative estimate of drug-likeness (QED) is 0.730. The van der Waals surface area contributed by atoms with E-state index in [1.165, 1.54) is 12.8 Å². The van der Waals surface area contributed by atoms with E-state index < -0.39 is 0 Å². The third-order valence-corrected chi connectivity index (χ3v) is 3.72. The monoisotopic (exact) mass is 222 g/mol. The highest BCUT2D eigenvalue weighted by Crippen LogP contribution is 2.32. The molecule has 0 aliphatic heterocycles. The summed E-state index contributed by atoms with van der Waals surface area (Å²) in [6.45, 7) is 11.3. The molecule has 0 spiro atoms. The van der Waals surface area contributed by atoms with Crippen LogP contribution >= 0.6 is 0 Å². The van der Waals surface area contributed by atoms with Crippen molar-refractivity contribution in [2.24, 2.45) is 17.8 Å². The van der Waals surface area contributed by atoms with Crippen molar-refractivity contribution >= 4 is 0 Å². The molecule has 0 aromatic rings. The van der Waals surface area contributed by atoms with Gasteiger partial charge in [0.05, 0.1) is 12.0 Å². The summed E-state index contributed by atoms with van der Waals surface area (Å²) in [4.78, 5) is 2.52. The highest BCUT2D eigenvalue weighted by Gasteiger charge is 2.32. The first-order valence-electron chi connectivity index (χ1n) is 6.72. The summed E-state index contributed by atoms with van der Waals surface area (Å²) in [5.74, 6) is 1.74. The van der Waals surface area contributed by atoms with Crippen LogP contribution in [0.15, 0.2) is 0 Å². The minimum atomic E-state index is 0.259. The van der Waals surface area contributed by atoms with Crippen LogP contribution < -0.4 is 0 Å². The van der Waals surface area contributed by atoms with Crippen LogP contribution in [0.2, 0.25) is 0 Å². The Hall–Kier alpha value is -0.550. The molecule has 3 atom stereocenters. The topological polar surface area (TPSA) is 27.0 Å². The van der Waals surface area contributed by atoms with E-state index in [0.29, 0.717) is 12.0 Å². The van der Waals surface area contributed by atoms with Crippen LogP contribution in [0.4, 0.5) is 0 Å². The predicted molar refractivity (Wildman–Crippen MR) is 68.0 cm³/mol. The second-order valence-electron chi connectivity index (χ2n) is 5.70. The lowest BCUT2D eigenvalue weighted by atomic mass is 9.79. The first-order valence-corrected chi connectivity index (χ1v) is 6.72. The Labute approximate surface area is 101 Å². The lowest BCUT2D eigenvalue weighted by molar-refractivity contribution is 0.0991. The number of nitrogens with zero attached hydrogens (tertiary/aromatic N) is 2. The SMILES string of the molecule is CCN(CC(C)C)C1CC(C)CCC1C#N. The highest BCUT2D eigenvalue weighted by atomic mass is 15.2. The third-order valence-electron chi connectivity index (χ3n) is 3.72. The summed E-state index contributed by atoms with van der Waals surface area (Å²) in [6.07, 6.45) is 3.53. The smallest absolute Gasteiger partial charge is 0.0672 e. The first kappa shape index (κ1) is 13.5. The van der Waals surface area contributed by atoms with Gasteiger partial charge in [0, 0.05) is 12.6 Å². The van der Waals surface area contributed by atoms with Gasteiger partial charge in [-0.25, -0.2) is 0 Å². The Morgan fingerprint density at radius 3 is 2.56 bits per heavy atom. The van der Waals surface area contributed by atoms with E-state index in [4.69, 9.17) is 0 Å². The van der Waals surface area contributed by atoms with Gasteiger partial charge in [-0.2, -0.15) is 5.26 Å². The Kier molecular flexibility index (Phi) is 5.28. The van der Waals surface area contributed by atoms with Gasteiger partial charge in [0.15, 0.2) is 0 Å². The second-order valence-corrected chi connectivity index (χ2v) is 5.70. The van der Waals surface area contributed by atoms with Gasteiger partial charge in [-0.15, -0.1) is 0 Å². The summed E-state index contributed by atoms with van der Waals surface area (Å²) in [5.41, 5.74) is 0. The van der Waals surface area contributed by atoms with Gasteiger partial charge in [-0.1, -0.05) is 27.7 Å². The van der Waals surface area contributed by atoms with Crippen LogP contribution in [0.25, 0.3) is 0 Å². The molecule has 1 aliphatic rings. The maximum absolute atomic E-state index is 9.25. The van der Waals surface area contributed by atoms with E-state index in [-0.39, 0.29) is 5.92 Å². The van der Waals surface area contributed by atoms with E-state index in [0.717, 1.165) is 25.4 Å². The van der Waals surface area contributed by atoms with Crippen molar-refractivity contribution < 1.29 is 0 Å². The number of hydrogen-bond donors (Lipinski definition) is 0. The molecule has 2 nitrogen and oxygen atoms in total. The molecule has 1 rings (SSSR count). The average molecular weight is 222 g/mol. The highest BCUT2D eigenvalue weighted by molar-refractivity contribution is 4.97. The molecule has 16 heavy (non-hydrogen) atoms. The van der Waals surface area contributed by atoms with Crippen molar-refractivity contribution in [3.63, 3.8) is 0 Å². The standard InChI is InChI=1S/C14H26N2/c1-5-16(10-11(2)3)14-8-12(4)6-7-13(14)9-15/h11-14H,5-8,10H2,1-4H3. The zero-order valence-electron chi connectivity index (χ0n) is 11.2. The maximum atomic E-state index is 9.25. The third kappa shape index (κ3) is 3.49.